The molecule has 0 saturated carbocycles. The molecule has 4 aliphatic heterocycles. The number of phenolic OH excluding ortho intramolecular Hbond substituents is 3. The summed E-state index contributed by atoms with van der Waals surface area (Å²) in [6.45, 7) is 29.0. The maximum atomic E-state index is 13.4. The number of phenols is 3. The molecule has 0 spiro atoms. The van der Waals surface area contributed by atoms with Crippen molar-refractivity contribution < 1.29 is 86.9 Å². The first-order valence-corrected chi connectivity index (χ1v) is 33.3. The number of ketones is 2. The van der Waals surface area contributed by atoms with Crippen LogP contribution in [-0.2, 0) is 63.6 Å². The van der Waals surface area contributed by atoms with Crippen molar-refractivity contribution in [3.63, 3.8) is 0 Å². The first kappa shape index (κ1) is 77.3. The molecule has 0 aliphatic carbocycles. The summed E-state index contributed by atoms with van der Waals surface area (Å²) < 4.78 is 32.3. The second kappa shape index (κ2) is 34.7. The van der Waals surface area contributed by atoms with Gasteiger partial charge in [0.25, 0.3) is 0 Å². The van der Waals surface area contributed by atoms with Crippen LogP contribution in [0.15, 0.2) is 132 Å². The van der Waals surface area contributed by atoms with Crippen LogP contribution in [-0.4, -0.2) is 93.8 Å². The highest BCUT2D eigenvalue weighted by atomic mass is 16.6. The maximum Gasteiger partial charge on any atom is 0.341 e. The molecule has 4 N–H and O–H groups in total. The Morgan fingerprint density at radius 3 is 1.50 bits per heavy atom. The van der Waals surface area contributed by atoms with Crippen molar-refractivity contribution in [2.75, 3.05) is 19.8 Å². The lowest BCUT2D eigenvalue weighted by atomic mass is 9.78. The minimum absolute atomic E-state index is 0.0264. The van der Waals surface area contributed by atoms with Crippen LogP contribution >= 0.6 is 0 Å². The molecule has 20 nitrogen and oxygen atoms in total. The number of aldehydes is 1. The summed E-state index contributed by atoms with van der Waals surface area (Å²) >= 11 is 0. The van der Waals surface area contributed by atoms with Crippen LogP contribution in [0, 0.1) is 69.2 Å². The zero-order valence-electron chi connectivity index (χ0n) is 59.8. The molecule has 5 heterocycles. The fourth-order valence-electron chi connectivity index (χ4n) is 13.5. The van der Waals surface area contributed by atoms with Gasteiger partial charge in [0.2, 0.25) is 0 Å². The summed E-state index contributed by atoms with van der Waals surface area (Å²) in [7, 11) is 0. The van der Waals surface area contributed by atoms with Crippen molar-refractivity contribution in [2.45, 2.75) is 160 Å². The zero-order valence-corrected chi connectivity index (χ0v) is 59.8. The van der Waals surface area contributed by atoms with E-state index in [0.29, 0.717) is 82.6 Å². The Hall–Kier alpha value is -11.0. The molecule has 0 amide bonds. The number of aryl methyl sites for hydroxylation is 10. The van der Waals surface area contributed by atoms with Crippen molar-refractivity contribution in [3.8, 4) is 28.4 Å². The molecule has 20 heteroatoms. The van der Waals surface area contributed by atoms with Gasteiger partial charge >= 0.3 is 35.8 Å². The first-order valence-electron chi connectivity index (χ1n) is 33.3. The standard InChI is InChI=1S/C27H29NO5.C27H27NO5.C14H16O3.C7H6O2.C6H10O3/c2*1-6-32-26(30)23-17(5)28-20-13-21(22-15(3)10-14(2)11-16(22)4)33-27(31)25(20)24(23)18-8-7-9-19(29)12-18;1-8-4-9(2)14(10(3)5-8)12-6-11(15)7-13(16)17-12;8-5-6-2-1-3-7(9)4-6;1-3-9-6(8)4-5(2)7/h7-12,21,24,28-29H,6,13H2,1-5H3;7-12,21,29H,6,13H2,1-5H3;4-5,12H,6-7H2,1-3H3;1-5,9H;3-4H2,1-2H3. The Balaban J connectivity index is 0.000000195. The van der Waals surface area contributed by atoms with Crippen LogP contribution < -0.4 is 5.32 Å². The van der Waals surface area contributed by atoms with Crippen LogP contribution in [0.5, 0.6) is 17.2 Å². The third-order valence-corrected chi connectivity index (χ3v) is 17.0. The molecule has 4 unspecified atom stereocenters. The predicted octanol–water partition coefficient (Wildman–Crippen LogP) is 14.4. The molecular weight excluding hydrogens is 1290 g/mol. The number of pyridine rings is 1. The number of cyclic esters (lactones) is 3. The molecule has 101 heavy (non-hydrogen) atoms. The summed E-state index contributed by atoms with van der Waals surface area (Å²) in [5.41, 5.74) is 18.5. The molecule has 0 radical (unpaired) electrons. The number of carbonyl (C=O) groups excluding carboxylic acids is 9. The molecule has 7 aromatic rings. The third-order valence-electron chi connectivity index (χ3n) is 17.0. The Morgan fingerprint density at radius 1 is 0.554 bits per heavy atom. The number of ether oxygens (including phenoxy) is 6. The number of dihydropyridines is 1. The number of allylic oxidation sites excluding steroid dienone is 1. The number of nitrogens with zero attached hydrogens (tertiary/aromatic N) is 1. The van der Waals surface area contributed by atoms with Crippen LogP contribution in [0.2, 0.25) is 0 Å². The van der Waals surface area contributed by atoms with Gasteiger partial charge in [-0.05, 0) is 201 Å². The summed E-state index contributed by atoms with van der Waals surface area (Å²) in [4.78, 5) is 111. The Labute approximate surface area is 588 Å². The molecule has 4 aliphatic rings. The molecule has 530 valence electrons. The van der Waals surface area contributed by atoms with Crippen molar-refractivity contribution in [2.24, 2.45) is 0 Å². The summed E-state index contributed by atoms with van der Waals surface area (Å²) in [6.07, 6.45) is 0.374. The van der Waals surface area contributed by atoms with E-state index >= 15 is 0 Å². The number of benzene rings is 6. The second-order valence-electron chi connectivity index (χ2n) is 25.3. The number of hydrogen-bond acceptors (Lipinski definition) is 20. The molecule has 0 bridgehead atoms. The van der Waals surface area contributed by atoms with Gasteiger partial charge in [0.15, 0.2) is 0 Å². The average Bonchev–Trinajstić information content (AvgIpc) is 0.744. The first-order chi connectivity index (χ1) is 47.9. The number of carbonyl (C=O) groups is 9. The fourth-order valence-corrected chi connectivity index (χ4v) is 13.5. The number of esters is 6. The minimum Gasteiger partial charge on any atom is -0.508 e. The second-order valence-corrected chi connectivity index (χ2v) is 25.3. The average molecular weight is 1380 g/mol. The predicted molar refractivity (Wildman–Crippen MR) is 378 cm³/mol. The fraction of sp³-hybridized carbons (Fsp3) is 0.333. The van der Waals surface area contributed by atoms with Gasteiger partial charge in [-0.1, -0.05) is 89.5 Å². The lowest BCUT2D eigenvalue weighted by Crippen LogP contribution is -2.37. The number of fused-ring (bicyclic) bond motifs is 1. The van der Waals surface area contributed by atoms with Crippen LogP contribution in [0.4, 0.5) is 0 Å². The van der Waals surface area contributed by atoms with Crippen molar-refractivity contribution in [3.05, 3.63) is 232 Å². The SMILES string of the molecule is CCOC(=O)C1=C(C)NC2=C(C(=O)OC(c3c(C)cc(C)cc3C)C2)C1c1cccc(O)c1.CCOC(=O)CC(C)=O.CCOC(=O)c1c(C)nc2c(c1-c1cccc(O)c1)C(=O)OC(c1c(C)cc(C)cc1C)C2.Cc1cc(C)c(C2CC(=O)CC(=O)O2)c(C)c1.O=Cc1cccc(O)c1. The van der Waals surface area contributed by atoms with E-state index in [-0.39, 0.29) is 66.0 Å². The van der Waals surface area contributed by atoms with Gasteiger partial charge in [0, 0.05) is 41.8 Å². The third kappa shape index (κ3) is 19.5. The molecule has 1 fully saturated rings. The van der Waals surface area contributed by atoms with E-state index in [1.54, 1.807) is 76.2 Å². The Kier molecular flexibility index (Phi) is 26.5. The summed E-state index contributed by atoms with van der Waals surface area (Å²) in [5, 5.41) is 32.2. The van der Waals surface area contributed by atoms with E-state index in [1.165, 1.54) is 36.8 Å². The van der Waals surface area contributed by atoms with Crippen LogP contribution in [0.3, 0.4) is 0 Å². The molecule has 6 aromatic carbocycles. The van der Waals surface area contributed by atoms with Crippen LogP contribution in [0.1, 0.15) is 199 Å². The van der Waals surface area contributed by atoms with Crippen molar-refractivity contribution in [1.29, 1.82) is 0 Å². The maximum absolute atomic E-state index is 13.4. The number of nitrogens with one attached hydrogen (secondary N) is 1. The highest BCUT2D eigenvalue weighted by Crippen LogP contribution is 2.47. The van der Waals surface area contributed by atoms with E-state index in [1.807, 2.05) is 69.2 Å². The quantitative estimate of drug-likeness (QED) is 0.0361. The van der Waals surface area contributed by atoms with Gasteiger partial charge in [-0.2, -0.15) is 0 Å². The van der Waals surface area contributed by atoms with Crippen LogP contribution in [0.25, 0.3) is 11.1 Å². The minimum atomic E-state index is -0.693. The lowest BCUT2D eigenvalue weighted by Gasteiger charge is -2.37. The number of hydrogen-bond donors (Lipinski definition) is 4. The summed E-state index contributed by atoms with van der Waals surface area (Å²) in [5.74, 6) is -3.62. The Morgan fingerprint density at radius 2 is 1.03 bits per heavy atom. The van der Waals surface area contributed by atoms with Gasteiger partial charge in [0.05, 0.1) is 59.4 Å². The largest absolute Gasteiger partial charge is 0.508 e. The Bertz CT molecular complexity index is 4360. The van der Waals surface area contributed by atoms with Gasteiger partial charge < -0.3 is 49.1 Å². The lowest BCUT2D eigenvalue weighted by molar-refractivity contribution is -0.158. The molecule has 1 saturated heterocycles. The van der Waals surface area contributed by atoms with Gasteiger partial charge in [-0.15, -0.1) is 0 Å². The smallest absolute Gasteiger partial charge is 0.341 e. The van der Waals surface area contributed by atoms with E-state index in [9.17, 15) is 53.4 Å². The van der Waals surface area contributed by atoms with E-state index in [0.717, 1.165) is 66.9 Å². The number of rotatable bonds is 13. The normalized spacial score (nSPS) is 16.5. The van der Waals surface area contributed by atoms with Crippen molar-refractivity contribution in [1.82, 2.24) is 10.3 Å². The van der Waals surface area contributed by atoms with Crippen molar-refractivity contribution >= 4 is 53.7 Å². The van der Waals surface area contributed by atoms with Gasteiger partial charge in [0.1, 0.15) is 66.3 Å². The topological polar surface area (TPSA) is 295 Å². The molecule has 4 atom stereocenters. The van der Waals surface area contributed by atoms with Gasteiger partial charge in [-0.25, -0.2) is 19.2 Å². The molecule has 11 rings (SSSR count). The number of aromatic hydroxyl groups is 3. The monoisotopic (exact) mass is 1380 g/mol. The molecular formula is C81H88N2O18. The summed E-state index contributed by atoms with van der Waals surface area (Å²) in [6, 6.07) is 31.7. The number of Topliss-reactive ketones (excluding diaryl/α,β-unsaturated/α-hetero) is 2. The van der Waals surface area contributed by atoms with E-state index in [2.05, 4.69) is 51.4 Å². The van der Waals surface area contributed by atoms with E-state index < -0.39 is 60.0 Å². The molecule has 1 aromatic heterocycles. The van der Waals surface area contributed by atoms with E-state index in [4.69, 9.17) is 28.8 Å². The van der Waals surface area contributed by atoms with Gasteiger partial charge in [-0.3, -0.25) is 29.0 Å². The zero-order chi connectivity index (χ0) is 74.3. The highest BCUT2D eigenvalue weighted by molar-refractivity contribution is 6.08. The number of aromatic nitrogens is 1. The highest BCUT2D eigenvalue weighted by Gasteiger charge is 2.44.